The zero-order valence-corrected chi connectivity index (χ0v) is 25.0. The van der Waals surface area contributed by atoms with Gasteiger partial charge in [-0.05, 0) is 54.8 Å². The van der Waals surface area contributed by atoms with Gasteiger partial charge in [0.15, 0.2) is 5.78 Å². The van der Waals surface area contributed by atoms with E-state index in [-0.39, 0.29) is 17.6 Å². The maximum Gasteiger partial charge on any atom is 0.328 e. The number of nitrogens with one attached hydrogen (secondary N) is 1. The Morgan fingerprint density at radius 2 is 1.45 bits per heavy atom. The van der Waals surface area contributed by atoms with Crippen molar-refractivity contribution in [2.45, 2.75) is 38.1 Å². The van der Waals surface area contributed by atoms with Crippen molar-refractivity contribution in [1.82, 2.24) is 0 Å². The van der Waals surface area contributed by atoms with Crippen LogP contribution in [0.5, 0.6) is 5.75 Å². The van der Waals surface area contributed by atoms with E-state index in [0.717, 1.165) is 36.9 Å². The molecule has 1 saturated carbocycles. The van der Waals surface area contributed by atoms with Gasteiger partial charge in [-0.25, -0.2) is 4.79 Å². The number of nitrogens with zero attached hydrogens (tertiary/aromatic N) is 1. The number of rotatable bonds is 13. The standard InChI is InChI=1S/C37H38N2O5/c1-43-37(42)34(38-33-19-11-10-18-32(33)35(40)28-12-4-2-5-13-28)26-27-20-22-31(23-21-27)44-25-24-39(30-16-6-3-7-17-30)36(41)29-14-8-9-15-29/h2-7,10-13,16-23,29,34,38H,8-9,14-15,24-26H2,1H3. The van der Waals surface area contributed by atoms with E-state index in [4.69, 9.17) is 9.47 Å². The average molecular weight is 591 g/mol. The maximum atomic E-state index is 13.3. The minimum atomic E-state index is -0.711. The number of methoxy groups -OCH3 is 1. The third-order valence-electron chi connectivity index (χ3n) is 8.01. The number of esters is 1. The van der Waals surface area contributed by atoms with Gasteiger partial charge in [0, 0.05) is 34.8 Å². The number of ether oxygens (including phenoxy) is 2. The average Bonchev–Trinajstić information content (AvgIpc) is 3.63. The molecule has 0 heterocycles. The summed E-state index contributed by atoms with van der Waals surface area (Å²) in [6.45, 7) is 0.807. The van der Waals surface area contributed by atoms with Crippen molar-refractivity contribution < 1.29 is 23.9 Å². The minimum absolute atomic E-state index is 0.0780. The van der Waals surface area contributed by atoms with Crippen LogP contribution < -0.4 is 15.0 Å². The first kappa shape index (κ1) is 30.5. The second-order valence-electron chi connectivity index (χ2n) is 11.0. The fraction of sp³-hybridized carbons (Fsp3) is 0.270. The van der Waals surface area contributed by atoms with Gasteiger partial charge < -0.3 is 19.7 Å². The molecule has 0 bridgehead atoms. The van der Waals surface area contributed by atoms with Crippen LogP contribution >= 0.6 is 0 Å². The van der Waals surface area contributed by atoms with E-state index in [2.05, 4.69) is 5.32 Å². The van der Waals surface area contributed by atoms with E-state index >= 15 is 0 Å². The molecule has 44 heavy (non-hydrogen) atoms. The van der Waals surface area contributed by atoms with Gasteiger partial charge in [-0.3, -0.25) is 9.59 Å². The first-order valence-electron chi connectivity index (χ1n) is 15.1. The van der Waals surface area contributed by atoms with Gasteiger partial charge in [0.2, 0.25) is 5.91 Å². The minimum Gasteiger partial charge on any atom is -0.492 e. The highest BCUT2D eigenvalue weighted by Gasteiger charge is 2.28. The Labute approximate surface area is 258 Å². The van der Waals surface area contributed by atoms with Gasteiger partial charge in [0.25, 0.3) is 0 Å². The molecular weight excluding hydrogens is 552 g/mol. The second-order valence-corrected chi connectivity index (χ2v) is 11.0. The largest absolute Gasteiger partial charge is 0.492 e. The fourth-order valence-corrected chi connectivity index (χ4v) is 5.66. The fourth-order valence-electron chi connectivity index (χ4n) is 5.66. The Kier molecular flexibility index (Phi) is 10.4. The Morgan fingerprint density at radius 3 is 2.14 bits per heavy atom. The molecular formula is C37H38N2O5. The summed E-state index contributed by atoms with van der Waals surface area (Å²) in [5.41, 5.74) is 3.40. The number of carbonyl (C=O) groups excluding carboxylic acids is 3. The third kappa shape index (κ3) is 7.72. The summed E-state index contributed by atoms with van der Waals surface area (Å²) in [5, 5.41) is 3.24. The van der Waals surface area contributed by atoms with Crippen molar-refractivity contribution in [3.8, 4) is 5.75 Å². The summed E-state index contributed by atoms with van der Waals surface area (Å²) in [6.07, 6.45) is 4.44. The molecule has 0 saturated heterocycles. The number of hydrogen-bond acceptors (Lipinski definition) is 6. The monoisotopic (exact) mass is 590 g/mol. The van der Waals surface area contributed by atoms with Crippen LogP contribution in [0.2, 0.25) is 0 Å². The Hall–Kier alpha value is -4.91. The third-order valence-corrected chi connectivity index (χ3v) is 8.01. The van der Waals surface area contributed by atoms with Crippen LogP contribution in [-0.2, 0) is 20.7 Å². The van der Waals surface area contributed by atoms with Gasteiger partial charge in [-0.1, -0.05) is 85.6 Å². The lowest BCUT2D eigenvalue weighted by Gasteiger charge is -2.26. The maximum absolute atomic E-state index is 13.3. The quantitative estimate of drug-likeness (QED) is 0.138. The summed E-state index contributed by atoms with van der Waals surface area (Å²) >= 11 is 0. The van der Waals surface area contributed by atoms with Crippen molar-refractivity contribution in [3.63, 3.8) is 0 Å². The molecule has 4 aromatic rings. The lowest BCUT2D eigenvalue weighted by atomic mass is 10.00. The number of benzene rings is 4. The summed E-state index contributed by atoms with van der Waals surface area (Å²) in [5.74, 6) is 0.363. The van der Waals surface area contributed by atoms with Gasteiger partial charge in [0.05, 0.1) is 13.7 Å². The molecule has 1 unspecified atom stereocenters. The number of hydrogen-bond donors (Lipinski definition) is 1. The van der Waals surface area contributed by atoms with Crippen LogP contribution in [0.3, 0.4) is 0 Å². The predicted octanol–water partition coefficient (Wildman–Crippen LogP) is 6.72. The zero-order valence-electron chi connectivity index (χ0n) is 25.0. The van der Waals surface area contributed by atoms with Gasteiger partial charge in [-0.15, -0.1) is 0 Å². The lowest BCUT2D eigenvalue weighted by Crippen LogP contribution is -2.38. The summed E-state index contributed by atoms with van der Waals surface area (Å²) < 4.78 is 11.1. The lowest BCUT2D eigenvalue weighted by molar-refractivity contribution is -0.141. The van der Waals surface area contributed by atoms with Crippen LogP contribution in [0, 0.1) is 5.92 Å². The molecule has 0 radical (unpaired) electrons. The van der Waals surface area contributed by atoms with Gasteiger partial charge in [0.1, 0.15) is 18.4 Å². The highest BCUT2D eigenvalue weighted by molar-refractivity contribution is 6.12. The Bertz CT molecular complexity index is 1530. The molecule has 1 amide bonds. The second kappa shape index (κ2) is 15.0. The molecule has 1 atom stereocenters. The normalized spacial score (nSPS) is 13.6. The Balaban J connectivity index is 1.22. The van der Waals surface area contributed by atoms with Crippen LogP contribution in [0.4, 0.5) is 11.4 Å². The molecule has 7 nitrogen and oxygen atoms in total. The number of amides is 1. The van der Waals surface area contributed by atoms with E-state index in [1.807, 2.05) is 83.8 Å². The highest BCUT2D eigenvalue weighted by Crippen LogP contribution is 2.29. The highest BCUT2D eigenvalue weighted by atomic mass is 16.5. The Morgan fingerprint density at radius 1 is 0.818 bits per heavy atom. The van der Waals surface area contributed by atoms with E-state index in [0.29, 0.717) is 42.1 Å². The molecule has 7 heteroatoms. The SMILES string of the molecule is COC(=O)C(Cc1ccc(OCCN(C(=O)C2CCCC2)c2ccccc2)cc1)Nc1ccccc1C(=O)c1ccccc1. The number of carbonyl (C=O) groups is 3. The summed E-state index contributed by atoms with van der Waals surface area (Å²) in [6, 6.07) is 32.8. The summed E-state index contributed by atoms with van der Waals surface area (Å²) in [7, 11) is 1.35. The van der Waals surface area contributed by atoms with Crippen molar-refractivity contribution in [2.75, 3.05) is 30.5 Å². The molecule has 1 N–H and O–H groups in total. The molecule has 1 aliphatic carbocycles. The van der Waals surface area contributed by atoms with Crippen LogP contribution in [0.25, 0.3) is 0 Å². The smallest absolute Gasteiger partial charge is 0.328 e. The number of anilines is 2. The van der Waals surface area contributed by atoms with Crippen molar-refractivity contribution in [3.05, 3.63) is 126 Å². The molecule has 1 fully saturated rings. The number of para-hydroxylation sites is 2. The van der Waals surface area contributed by atoms with E-state index < -0.39 is 12.0 Å². The zero-order chi connectivity index (χ0) is 30.7. The molecule has 0 aliphatic heterocycles. The van der Waals surface area contributed by atoms with Gasteiger partial charge >= 0.3 is 5.97 Å². The van der Waals surface area contributed by atoms with Crippen molar-refractivity contribution in [1.29, 1.82) is 0 Å². The van der Waals surface area contributed by atoms with Crippen LogP contribution in [-0.4, -0.2) is 44.0 Å². The molecule has 5 rings (SSSR count). The molecule has 4 aromatic carbocycles. The number of ketones is 1. The van der Waals surface area contributed by atoms with Crippen molar-refractivity contribution >= 4 is 29.0 Å². The molecule has 0 spiro atoms. The van der Waals surface area contributed by atoms with E-state index in [1.165, 1.54) is 7.11 Å². The first-order chi connectivity index (χ1) is 21.5. The molecule has 0 aromatic heterocycles. The first-order valence-corrected chi connectivity index (χ1v) is 15.1. The van der Waals surface area contributed by atoms with Crippen LogP contribution in [0.1, 0.15) is 47.2 Å². The predicted molar refractivity (Wildman–Crippen MR) is 172 cm³/mol. The summed E-state index contributed by atoms with van der Waals surface area (Å²) in [4.78, 5) is 41.1. The van der Waals surface area contributed by atoms with Crippen molar-refractivity contribution in [2.24, 2.45) is 5.92 Å². The van der Waals surface area contributed by atoms with Gasteiger partial charge in [-0.2, -0.15) is 0 Å². The van der Waals surface area contributed by atoms with E-state index in [1.54, 1.807) is 30.3 Å². The molecule has 226 valence electrons. The van der Waals surface area contributed by atoms with E-state index in [9.17, 15) is 14.4 Å². The topological polar surface area (TPSA) is 84.9 Å². The molecule has 1 aliphatic rings. The van der Waals surface area contributed by atoms with Crippen LogP contribution in [0.15, 0.2) is 109 Å².